The number of carbonyl (C=O) groups is 1. The molecule has 0 saturated carbocycles. The van der Waals surface area contributed by atoms with Crippen LogP contribution in [0.5, 0.6) is 0 Å². The standard InChI is InChI=1S/C20H24BrN5O/c1-26(2)10-4-9-22-20-24-15-6-3-5-13(15)18(25-20)17-14-11-12(21)7-8-16(14)23-19(17)27/h7-8,11,17H,3-6,9-10H2,1-2H3,(H,23,27)(H,22,24,25). The zero-order chi connectivity index (χ0) is 19.0. The monoisotopic (exact) mass is 429 g/mol. The highest BCUT2D eigenvalue weighted by Crippen LogP contribution is 2.41. The number of benzene rings is 1. The number of carbonyl (C=O) groups excluding carboxylic acids is 1. The molecular formula is C20H24BrN5O. The first-order valence-electron chi connectivity index (χ1n) is 9.41. The van der Waals surface area contributed by atoms with Crippen LogP contribution in [0.1, 0.15) is 41.3 Å². The molecule has 27 heavy (non-hydrogen) atoms. The highest BCUT2D eigenvalue weighted by Gasteiger charge is 2.36. The number of anilines is 2. The third-order valence-corrected chi connectivity index (χ3v) is 5.64. The topological polar surface area (TPSA) is 70.2 Å². The molecule has 1 atom stereocenters. The minimum atomic E-state index is -0.366. The highest BCUT2D eigenvalue weighted by atomic mass is 79.9. The van der Waals surface area contributed by atoms with Crippen LogP contribution < -0.4 is 10.6 Å². The number of amides is 1. The van der Waals surface area contributed by atoms with Gasteiger partial charge in [-0.3, -0.25) is 4.79 Å². The maximum Gasteiger partial charge on any atom is 0.238 e. The lowest BCUT2D eigenvalue weighted by atomic mass is 9.93. The average Bonchev–Trinajstić information content (AvgIpc) is 3.21. The summed E-state index contributed by atoms with van der Waals surface area (Å²) < 4.78 is 0.968. The van der Waals surface area contributed by atoms with E-state index in [1.807, 2.05) is 18.2 Å². The van der Waals surface area contributed by atoms with Gasteiger partial charge in [-0.15, -0.1) is 0 Å². The van der Waals surface area contributed by atoms with Crippen molar-refractivity contribution >= 4 is 33.5 Å². The van der Waals surface area contributed by atoms with Crippen LogP contribution in [0, 0.1) is 0 Å². The van der Waals surface area contributed by atoms with Crippen molar-refractivity contribution in [2.45, 2.75) is 31.6 Å². The second-order valence-electron chi connectivity index (χ2n) is 7.45. The summed E-state index contributed by atoms with van der Waals surface area (Å²) in [5.74, 6) is 0.268. The molecule has 142 valence electrons. The van der Waals surface area contributed by atoms with Crippen LogP contribution in [0.4, 0.5) is 11.6 Å². The fourth-order valence-electron chi connectivity index (χ4n) is 3.88. The normalized spacial score (nSPS) is 17.8. The molecule has 1 amide bonds. The van der Waals surface area contributed by atoms with Gasteiger partial charge >= 0.3 is 0 Å². The maximum absolute atomic E-state index is 12.8. The van der Waals surface area contributed by atoms with Gasteiger partial charge in [-0.2, -0.15) is 0 Å². The predicted octanol–water partition coefficient (Wildman–Crippen LogP) is 3.18. The Morgan fingerprint density at radius 2 is 2.15 bits per heavy atom. The van der Waals surface area contributed by atoms with E-state index in [0.29, 0.717) is 5.95 Å². The first kappa shape index (κ1) is 18.4. The number of fused-ring (bicyclic) bond motifs is 2. The molecule has 2 heterocycles. The third-order valence-electron chi connectivity index (χ3n) is 5.15. The summed E-state index contributed by atoms with van der Waals surface area (Å²) in [7, 11) is 4.14. The minimum Gasteiger partial charge on any atom is -0.354 e. The second kappa shape index (κ2) is 7.56. The van der Waals surface area contributed by atoms with E-state index in [0.717, 1.165) is 71.4 Å². The molecule has 0 saturated heterocycles. The lowest BCUT2D eigenvalue weighted by molar-refractivity contribution is -0.116. The summed E-state index contributed by atoms with van der Waals surface area (Å²) in [6.45, 7) is 1.83. The summed E-state index contributed by atoms with van der Waals surface area (Å²) in [5, 5.41) is 6.36. The van der Waals surface area contributed by atoms with Crippen molar-refractivity contribution in [3.8, 4) is 0 Å². The summed E-state index contributed by atoms with van der Waals surface area (Å²) in [6.07, 6.45) is 3.98. The zero-order valence-electron chi connectivity index (χ0n) is 15.7. The van der Waals surface area contributed by atoms with E-state index < -0.39 is 0 Å². The Bertz CT molecular complexity index is 883. The molecule has 6 nitrogen and oxygen atoms in total. The Hall–Kier alpha value is -1.99. The number of aromatic nitrogens is 2. The Morgan fingerprint density at radius 3 is 2.96 bits per heavy atom. The van der Waals surface area contributed by atoms with Crippen molar-refractivity contribution in [3.05, 3.63) is 45.2 Å². The lowest BCUT2D eigenvalue weighted by Gasteiger charge is -2.16. The molecule has 4 rings (SSSR count). The first-order valence-corrected chi connectivity index (χ1v) is 10.2. The molecule has 0 fully saturated rings. The quantitative estimate of drug-likeness (QED) is 0.689. The Morgan fingerprint density at radius 1 is 1.30 bits per heavy atom. The Labute approximate surface area is 167 Å². The molecular weight excluding hydrogens is 406 g/mol. The van der Waals surface area contributed by atoms with Crippen LogP contribution >= 0.6 is 15.9 Å². The molecule has 1 unspecified atom stereocenters. The summed E-state index contributed by atoms with van der Waals surface area (Å²) in [6, 6.07) is 5.91. The molecule has 1 aromatic carbocycles. The molecule has 7 heteroatoms. The molecule has 0 spiro atoms. The van der Waals surface area contributed by atoms with Crippen molar-refractivity contribution in [2.75, 3.05) is 37.8 Å². The molecule has 1 aliphatic carbocycles. The average molecular weight is 430 g/mol. The van der Waals surface area contributed by atoms with Gasteiger partial charge in [-0.25, -0.2) is 9.97 Å². The number of halogens is 1. The zero-order valence-corrected chi connectivity index (χ0v) is 17.3. The largest absolute Gasteiger partial charge is 0.354 e. The lowest BCUT2D eigenvalue weighted by Crippen LogP contribution is -2.20. The number of aryl methyl sites for hydroxylation is 1. The summed E-state index contributed by atoms with van der Waals surface area (Å²) >= 11 is 3.53. The van der Waals surface area contributed by atoms with Gasteiger partial charge in [0, 0.05) is 22.4 Å². The van der Waals surface area contributed by atoms with Crippen molar-refractivity contribution in [1.82, 2.24) is 14.9 Å². The summed E-state index contributed by atoms with van der Waals surface area (Å²) in [5.41, 5.74) is 4.97. The fraction of sp³-hybridized carbons (Fsp3) is 0.450. The fourth-order valence-corrected chi connectivity index (χ4v) is 4.26. The Kier molecular flexibility index (Phi) is 5.14. The third kappa shape index (κ3) is 3.71. The number of nitrogens with one attached hydrogen (secondary N) is 2. The van der Waals surface area contributed by atoms with Crippen molar-refractivity contribution in [2.24, 2.45) is 0 Å². The van der Waals surface area contributed by atoms with Gasteiger partial charge < -0.3 is 15.5 Å². The second-order valence-corrected chi connectivity index (χ2v) is 8.36. The van der Waals surface area contributed by atoms with Crippen LogP contribution in [-0.4, -0.2) is 48.0 Å². The molecule has 2 aliphatic rings. The van der Waals surface area contributed by atoms with Gasteiger partial charge in [-0.05, 0) is 75.6 Å². The van der Waals surface area contributed by atoms with E-state index >= 15 is 0 Å². The smallest absolute Gasteiger partial charge is 0.238 e. The minimum absolute atomic E-state index is 0.00513. The van der Waals surface area contributed by atoms with Crippen LogP contribution in [0.25, 0.3) is 0 Å². The van der Waals surface area contributed by atoms with Gasteiger partial charge in [0.05, 0.1) is 5.69 Å². The van der Waals surface area contributed by atoms with Crippen molar-refractivity contribution in [1.29, 1.82) is 0 Å². The van der Waals surface area contributed by atoms with E-state index in [1.165, 1.54) is 0 Å². The highest BCUT2D eigenvalue weighted by molar-refractivity contribution is 9.10. The number of rotatable bonds is 6. The van der Waals surface area contributed by atoms with Crippen LogP contribution in [0.3, 0.4) is 0 Å². The molecule has 0 bridgehead atoms. The number of hydrogen-bond donors (Lipinski definition) is 2. The van der Waals surface area contributed by atoms with Gasteiger partial charge in [-0.1, -0.05) is 15.9 Å². The SMILES string of the molecule is CN(C)CCCNc1nc2c(c(C3C(=O)Nc4ccc(Br)cc43)n1)CCC2. The maximum atomic E-state index is 12.8. The van der Waals surface area contributed by atoms with E-state index in [2.05, 4.69) is 45.6 Å². The van der Waals surface area contributed by atoms with Crippen molar-refractivity contribution in [3.63, 3.8) is 0 Å². The molecule has 1 aromatic heterocycles. The van der Waals surface area contributed by atoms with Gasteiger partial charge in [0.2, 0.25) is 11.9 Å². The van der Waals surface area contributed by atoms with Crippen LogP contribution in [-0.2, 0) is 17.6 Å². The first-order chi connectivity index (χ1) is 13.0. The van der Waals surface area contributed by atoms with Crippen molar-refractivity contribution < 1.29 is 4.79 Å². The van der Waals surface area contributed by atoms with E-state index in [1.54, 1.807) is 0 Å². The van der Waals surface area contributed by atoms with Gasteiger partial charge in [0.25, 0.3) is 0 Å². The van der Waals surface area contributed by atoms with Crippen LogP contribution in [0.2, 0.25) is 0 Å². The van der Waals surface area contributed by atoms with E-state index in [-0.39, 0.29) is 11.8 Å². The van der Waals surface area contributed by atoms with Gasteiger partial charge in [0.1, 0.15) is 5.92 Å². The van der Waals surface area contributed by atoms with Gasteiger partial charge in [0.15, 0.2) is 0 Å². The van der Waals surface area contributed by atoms with Crippen LogP contribution in [0.15, 0.2) is 22.7 Å². The van der Waals surface area contributed by atoms with E-state index in [4.69, 9.17) is 9.97 Å². The number of nitrogens with zero attached hydrogens (tertiary/aromatic N) is 3. The molecule has 1 aliphatic heterocycles. The predicted molar refractivity (Wildman–Crippen MR) is 110 cm³/mol. The molecule has 2 aromatic rings. The Balaban J connectivity index is 1.67. The molecule has 0 radical (unpaired) electrons. The van der Waals surface area contributed by atoms with E-state index in [9.17, 15) is 4.79 Å². The summed E-state index contributed by atoms with van der Waals surface area (Å²) in [4.78, 5) is 24.5. The molecule has 2 N–H and O–H groups in total. The number of hydrogen-bond acceptors (Lipinski definition) is 5.